The number of nitrogens with one attached hydrogen (secondary N) is 1. The van der Waals surface area contributed by atoms with Crippen molar-refractivity contribution < 1.29 is 0 Å². The molecule has 0 atom stereocenters. The normalized spacial score (nSPS) is 11.2. The molecule has 3 heteroatoms. The van der Waals surface area contributed by atoms with Gasteiger partial charge in [-0.05, 0) is 29.3 Å². The molecule has 3 aromatic rings. The Morgan fingerprint density at radius 3 is 2.81 bits per heavy atom. The van der Waals surface area contributed by atoms with Gasteiger partial charge >= 0.3 is 0 Å². The Hall–Kier alpha value is -2.26. The van der Waals surface area contributed by atoms with Crippen LogP contribution in [0.2, 0.25) is 0 Å². The minimum absolute atomic E-state index is 0.471. The Morgan fingerprint density at radius 1 is 1.05 bits per heavy atom. The fraction of sp³-hybridized carbons (Fsp3) is 0.222. The lowest BCUT2D eigenvalue weighted by Gasteiger charge is -2.09. The number of aromatic nitrogens is 2. The number of rotatable bonds is 4. The Morgan fingerprint density at radius 2 is 1.95 bits per heavy atom. The largest absolute Gasteiger partial charge is 0.310 e. The van der Waals surface area contributed by atoms with Crippen LogP contribution in [0.15, 0.2) is 55.0 Å². The molecule has 0 saturated heterocycles. The van der Waals surface area contributed by atoms with E-state index in [0.29, 0.717) is 6.04 Å². The predicted molar refractivity (Wildman–Crippen MR) is 86.9 cm³/mol. The van der Waals surface area contributed by atoms with Gasteiger partial charge in [-0.3, -0.25) is 9.97 Å². The third-order valence-electron chi connectivity index (χ3n) is 3.45. The predicted octanol–water partition coefficient (Wildman–Crippen LogP) is 3.79. The summed E-state index contributed by atoms with van der Waals surface area (Å²) in [7, 11) is 0. The van der Waals surface area contributed by atoms with Crippen LogP contribution in [0.3, 0.4) is 0 Å². The summed E-state index contributed by atoms with van der Waals surface area (Å²) in [5.41, 5.74) is 4.49. The summed E-state index contributed by atoms with van der Waals surface area (Å²) in [6.07, 6.45) is 5.65. The Labute approximate surface area is 125 Å². The van der Waals surface area contributed by atoms with E-state index < -0.39 is 0 Å². The number of benzene rings is 1. The summed E-state index contributed by atoms with van der Waals surface area (Å²) in [6.45, 7) is 5.13. The molecule has 3 nitrogen and oxygen atoms in total. The highest BCUT2D eigenvalue weighted by Gasteiger charge is 2.03. The van der Waals surface area contributed by atoms with Crippen molar-refractivity contribution in [3.63, 3.8) is 0 Å². The first-order chi connectivity index (χ1) is 10.2. The van der Waals surface area contributed by atoms with Crippen LogP contribution >= 0.6 is 0 Å². The molecule has 0 saturated carbocycles. The van der Waals surface area contributed by atoms with Gasteiger partial charge in [0.15, 0.2) is 0 Å². The quantitative estimate of drug-likeness (QED) is 0.788. The Balaban J connectivity index is 1.92. The molecule has 0 bridgehead atoms. The number of fused-ring (bicyclic) bond motifs is 1. The van der Waals surface area contributed by atoms with Crippen molar-refractivity contribution in [1.82, 2.24) is 15.3 Å². The zero-order valence-electron chi connectivity index (χ0n) is 12.4. The SMILES string of the molecule is CC(C)NCc1cncc(-c2ccc3cccnc3c2)c1. The third-order valence-corrected chi connectivity index (χ3v) is 3.45. The first-order valence-electron chi connectivity index (χ1n) is 7.25. The highest BCUT2D eigenvalue weighted by atomic mass is 14.9. The molecule has 0 aliphatic heterocycles. The molecule has 0 radical (unpaired) electrons. The molecule has 1 N–H and O–H groups in total. The lowest BCUT2D eigenvalue weighted by atomic mass is 10.0. The molecule has 106 valence electrons. The van der Waals surface area contributed by atoms with Gasteiger partial charge in [-0.15, -0.1) is 0 Å². The van der Waals surface area contributed by atoms with E-state index >= 15 is 0 Å². The van der Waals surface area contributed by atoms with Crippen LogP contribution in [0.1, 0.15) is 19.4 Å². The third kappa shape index (κ3) is 3.26. The average molecular weight is 277 g/mol. The summed E-state index contributed by atoms with van der Waals surface area (Å²) >= 11 is 0. The highest BCUT2D eigenvalue weighted by Crippen LogP contribution is 2.23. The molecule has 0 spiro atoms. The molecular weight excluding hydrogens is 258 g/mol. The monoisotopic (exact) mass is 277 g/mol. The maximum Gasteiger partial charge on any atom is 0.0708 e. The molecule has 3 rings (SSSR count). The van der Waals surface area contributed by atoms with Crippen molar-refractivity contribution in [3.05, 3.63) is 60.6 Å². The van der Waals surface area contributed by atoms with Gasteiger partial charge in [0, 0.05) is 42.1 Å². The minimum Gasteiger partial charge on any atom is -0.310 e. The summed E-state index contributed by atoms with van der Waals surface area (Å²) in [5, 5.41) is 4.58. The van der Waals surface area contributed by atoms with Gasteiger partial charge in [0.25, 0.3) is 0 Å². The van der Waals surface area contributed by atoms with Gasteiger partial charge in [0.2, 0.25) is 0 Å². The van der Waals surface area contributed by atoms with E-state index in [9.17, 15) is 0 Å². The van der Waals surface area contributed by atoms with Gasteiger partial charge < -0.3 is 5.32 Å². The van der Waals surface area contributed by atoms with Crippen molar-refractivity contribution in [2.24, 2.45) is 0 Å². The van der Waals surface area contributed by atoms with Crippen molar-refractivity contribution in [2.45, 2.75) is 26.4 Å². The summed E-state index contributed by atoms with van der Waals surface area (Å²) in [5.74, 6) is 0. The lowest BCUT2D eigenvalue weighted by molar-refractivity contribution is 0.588. The van der Waals surface area contributed by atoms with E-state index in [2.05, 4.69) is 59.5 Å². The van der Waals surface area contributed by atoms with Gasteiger partial charge in [0.1, 0.15) is 0 Å². The minimum atomic E-state index is 0.471. The van der Waals surface area contributed by atoms with E-state index in [1.54, 1.807) is 0 Å². The molecule has 0 fully saturated rings. The van der Waals surface area contributed by atoms with Crippen molar-refractivity contribution in [2.75, 3.05) is 0 Å². The standard InChI is InChI=1S/C18H19N3/c1-13(2)21-11-14-8-17(12-19-10-14)16-6-5-15-4-3-7-20-18(15)9-16/h3-10,12-13,21H,11H2,1-2H3. The summed E-state index contributed by atoms with van der Waals surface area (Å²) in [6, 6.07) is 13.0. The second kappa shape index (κ2) is 6.02. The molecule has 0 amide bonds. The fourth-order valence-corrected chi connectivity index (χ4v) is 2.31. The van der Waals surface area contributed by atoms with E-state index in [-0.39, 0.29) is 0 Å². The molecule has 1 aromatic carbocycles. The Kier molecular flexibility index (Phi) is 3.93. The number of hydrogen-bond donors (Lipinski definition) is 1. The van der Waals surface area contributed by atoms with E-state index in [1.165, 1.54) is 5.56 Å². The fourth-order valence-electron chi connectivity index (χ4n) is 2.31. The smallest absolute Gasteiger partial charge is 0.0708 e. The number of pyridine rings is 2. The van der Waals surface area contributed by atoms with Gasteiger partial charge in [-0.25, -0.2) is 0 Å². The lowest BCUT2D eigenvalue weighted by Crippen LogP contribution is -2.21. The summed E-state index contributed by atoms with van der Waals surface area (Å²) in [4.78, 5) is 8.78. The zero-order chi connectivity index (χ0) is 14.7. The number of nitrogens with zero attached hydrogens (tertiary/aromatic N) is 2. The van der Waals surface area contributed by atoms with Crippen LogP contribution in [-0.4, -0.2) is 16.0 Å². The van der Waals surface area contributed by atoms with Crippen molar-refractivity contribution in [1.29, 1.82) is 0 Å². The van der Waals surface area contributed by atoms with Crippen LogP contribution in [0.25, 0.3) is 22.0 Å². The Bertz CT molecular complexity index is 750. The molecule has 0 aliphatic rings. The molecular formula is C18H19N3. The average Bonchev–Trinajstić information content (AvgIpc) is 2.53. The second-order valence-corrected chi connectivity index (χ2v) is 5.53. The van der Waals surface area contributed by atoms with E-state index in [1.807, 2.05) is 24.7 Å². The van der Waals surface area contributed by atoms with Crippen LogP contribution in [0.4, 0.5) is 0 Å². The first kappa shape index (κ1) is 13.7. The molecule has 0 unspecified atom stereocenters. The topological polar surface area (TPSA) is 37.8 Å². The first-order valence-corrected chi connectivity index (χ1v) is 7.25. The molecule has 21 heavy (non-hydrogen) atoms. The highest BCUT2D eigenvalue weighted by molar-refractivity contribution is 5.83. The second-order valence-electron chi connectivity index (χ2n) is 5.53. The van der Waals surface area contributed by atoms with Crippen LogP contribution in [0.5, 0.6) is 0 Å². The van der Waals surface area contributed by atoms with Crippen molar-refractivity contribution in [3.8, 4) is 11.1 Å². The maximum absolute atomic E-state index is 4.42. The van der Waals surface area contributed by atoms with Crippen LogP contribution in [-0.2, 0) is 6.54 Å². The van der Waals surface area contributed by atoms with Gasteiger partial charge in [0.05, 0.1) is 5.52 Å². The van der Waals surface area contributed by atoms with Crippen LogP contribution < -0.4 is 5.32 Å². The molecule has 2 heterocycles. The van der Waals surface area contributed by atoms with Crippen molar-refractivity contribution >= 4 is 10.9 Å². The molecule has 0 aliphatic carbocycles. The zero-order valence-corrected chi connectivity index (χ0v) is 12.4. The number of hydrogen-bond acceptors (Lipinski definition) is 3. The van der Waals surface area contributed by atoms with Crippen LogP contribution in [0, 0.1) is 0 Å². The van der Waals surface area contributed by atoms with E-state index in [4.69, 9.17) is 0 Å². The van der Waals surface area contributed by atoms with E-state index in [0.717, 1.165) is 28.6 Å². The van der Waals surface area contributed by atoms with Gasteiger partial charge in [-0.1, -0.05) is 32.0 Å². The summed E-state index contributed by atoms with van der Waals surface area (Å²) < 4.78 is 0. The maximum atomic E-state index is 4.42. The van der Waals surface area contributed by atoms with Gasteiger partial charge in [-0.2, -0.15) is 0 Å². The molecule has 2 aromatic heterocycles.